The van der Waals surface area contributed by atoms with Crippen molar-refractivity contribution in [3.05, 3.63) is 78.2 Å². The molecule has 0 aliphatic carbocycles. The summed E-state index contributed by atoms with van der Waals surface area (Å²) in [5, 5.41) is 1.09. The number of carbonyl (C=O) groups is 1. The number of esters is 1. The van der Waals surface area contributed by atoms with Gasteiger partial charge in [-0.1, -0.05) is 74.8 Å². The normalized spacial score (nSPS) is 12.9. The molecule has 4 heteroatoms. The summed E-state index contributed by atoms with van der Waals surface area (Å²) >= 11 is 0. The zero-order chi connectivity index (χ0) is 21.5. The van der Waals surface area contributed by atoms with Crippen LogP contribution < -0.4 is 5.46 Å². The molecule has 0 saturated carbocycles. The van der Waals surface area contributed by atoms with E-state index >= 15 is 0 Å². The molecule has 0 saturated heterocycles. The molecular weight excluding hydrogens is 369 g/mol. The Balaban J connectivity index is 1.52. The second-order valence-electron chi connectivity index (χ2n) is 7.92. The molecule has 2 radical (unpaired) electrons. The fraction of sp³-hybridized carbons (Fsp3) is 0.308. The van der Waals surface area contributed by atoms with Crippen LogP contribution >= 0.6 is 0 Å². The van der Waals surface area contributed by atoms with E-state index in [2.05, 4.69) is 24.2 Å². The van der Waals surface area contributed by atoms with E-state index < -0.39 is 0 Å². The van der Waals surface area contributed by atoms with E-state index in [1.165, 1.54) is 0 Å². The second-order valence-corrected chi connectivity index (χ2v) is 7.92. The number of fused-ring (bicyclic) bond motifs is 1. The topological polar surface area (TPSA) is 42.1 Å². The molecule has 0 amide bonds. The van der Waals surface area contributed by atoms with Gasteiger partial charge in [-0.2, -0.15) is 0 Å². The maximum atomic E-state index is 12.3. The van der Waals surface area contributed by atoms with Gasteiger partial charge in [0.25, 0.3) is 0 Å². The van der Waals surface area contributed by atoms with Crippen LogP contribution in [0.4, 0.5) is 0 Å². The fourth-order valence-electron chi connectivity index (χ4n) is 3.76. The summed E-state index contributed by atoms with van der Waals surface area (Å²) < 4.78 is 5.45. The zero-order valence-electron chi connectivity index (χ0n) is 17.8. The van der Waals surface area contributed by atoms with Gasteiger partial charge in [0.1, 0.15) is 14.5 Å². The Bertz CT molecular complexity index is 1050. The molecule has 2 atom stereocenters. The van der Waals surface area contributed by atoms with Crippen LogP contribution in [-0.2, 0) is 16.1 Å². The summed E-state index contributed by atoms with van der Waals surface area (Å²) in [7, 11) is 5.97. The van der Waals surface area contributed by atoms with Crippen LogP contribution in [0.15, 0.2) is 67.0 Å². The van der Waals surface area contributed by atoms with Gasteiger partial charge < -0.3 is 9.72 Å². The highest BCUT2D eigenvalue weighted by molar-refractivity contribution is 6.33. The minimum atomic E-state index is -0.141. The van der Waals surface area contributed by atoms with Crippen molar-refractivity contribution in [2.24, 2.45) is 11.8 Å². The number of ether oxygens (including phenoxy) is 1. The number of rotatable bonds is 9. The Hall–Kier alpha value is -2.97. The molecule has 0 fully saturated rings. The molecule has 0 spiro atoms. The van der Waals surface area contributed by atoms with Crippen LogP contribution in [0.1, 0.15) is 44.2 Å². The molecule has 1 aromatic heterocycles. The number of benzene rings is 2. The van der Waals surface area contributed by atoms with Crippen LogP contribution in [0, 0.1) is 11.8 Å². The Morgan fingerprint density at radius 3 is 2.60 bits per heavy atom. The number of nitrogens with one attached hydrogen (secondary N) is 1. The molecule has 0 aliphatic rings. The molecule has 2 aromatic carbocycles. The van der Waals surface area contributed by atoms with Crippen molar-refractivity contribution in [1.29, 1.82) is 0 Å². The van der Waals surface area contributed by atoms with Crippen molar-refractivity contribution in [2.75, 3.05) is 0 Å². The van der Waals surface area contributed by atoms with Gasteiger partial charge in [0.05, 0.1) is 5.92 Å². The maximum absolute atomic E-state index is 12.3. The molecule has 152 valence electrons. The second kappa shape index (κ2) is 10.2. The van der Waals surface area contributed by atoms with E-state index in [0.29, 0.717) is 6.61 Å². The van der Waals surface area contributed by atoms with Crippen molar-refractivity contribution >= 4 is 35.8 Å². The third kappa shape index (κ3) is 5.34. The predicted octanol–water partition coefficient (Wildman–Crippen LogP) is 5.32. The van der Waals surface area contributed by atoms with E-state index in [1.807, 2.05) is 61.7 Å². The van der Waals surface area contributed by atoms with E-state index in [1.54, 1.807) is 0 Å². The van der Waals surface area contributed by atoms with Crippen molar-refractivity contribution in [3.63, 3.8) is 0 Å². The molecule has 0 unspecified atom stereocenters. The summed E-state index contributed by atoms with van der Waals surface area (Å²) in [6.45, 7) is 8.35. The highest BCUT2D eigenvalue weighted by atomic mass is 16.5. The van der Waals surface area contributed by atoms with Gasteiger partial charge >= 0.3 is 5.97 Å². The third-order valence-corrected chi connectivity index (χ3v) is 5.58. The van der Waals surface area contributed by atoms with Crippen molar-refractivity contribution in [2.45, 2.75) is 39.7 Å². The highest BCUT2D eigenvalue weighted by Crippen LogP contribution is 2.31. The molecule has 30 heavy (non-hydrogen) atoms. The summed E-state index contributed by atoms with van der Waals surface area (Å²) in [6.07, 6.45) is 4.67. The summed E-state index contributed by atoms with van der Waals surface area (Å²) in [5.41, 5.74) is 8.09. The molecular formula is C26H28BNO2. The first-order chi connectivity index (χ1) is 14.5. The number of carbonyl (C=O) groups excluding carboxylic acids is 1. The number of hydrogen-bond donors (Lipinski definition) is 1. The summed E-state index contributed by atoms with van der Waals surface area (Å²) in [6, 6.07) is 15.6. The van der Waals surface area contributed by atoms with Crippen LogP contribution in [0.25, 0.3) is 16.5 Å². The smallest absolute Gasteiger partial charge is 0.308 e. The first-order valence-electron chi connectivity index (χ1n) is 10.5. The molecule has 3 rings (SSSR count). The average molecular weight is 397 g/mol. The third-order valence-electron chi connectivity index (χ3n) is 5.58. The van der Waals surface area contributed by atoms with Crippen LogP contribution in [-0.4, -0.2) is 18.8 Å². The van der Waals surface area contributed by atoms with Gasteiger partial charge in [0, 0.05) is 28.2 Å². The van der Waals surface area contributed by atoms with Gasteiger partial charge in [-0.15, -0.1) is 5.73 Å². The average Bonchev–Trinajstić information content (AvgIpc) is 3.16. The van der Waals surface area contributed by atoms with Gasteiger partial charge in [-0.25, -0.2) is 0 Å². The minimum Gasteiger partial charge on any atom is -0.461 e. The van der Waals surface area contributed by atoms with Crippen LogP contribution in [0.3, 0.4) is 0 Å². The number of hydrogen-bond acceptors (Lipinski definition) is 2. The Kier molecular flexibility index (Phi) is 7.38. The maximum Gasteiger partial charge on any atom is 0.308 e. The number of aromatic amines is 1. The predicted molar refractivity (Wildman–Crippen MR) is 125 cm³/mol. The summed E-state index contributed by atoms with van der Waals surface area (Å²) in [5.74, 6) is 0.0125. The molecule has 1 N–H and O–H groups in total. The van der Waals surface area contributed by atoms with E-state index in [0.717, 1.165) is 52.3 Å². The first kappa shape index (κ1) is 21.7. The van der Waals surface area contributed by atoms with Gasteiger partial charge in [-0.3, -0.25) is 4.79 Å². The zero-order valence-corrected chi connectivity index (χ0v) is 17.8. The van der Waals surface area contributed by atoms with E-state index in [4.69, 9.17) is 12.6 Å². The Labute approximate surface area is 180 Å². The van der Waals surface area contributed by atoms with Crippen molar-refractivity contribution in [1.82, 2.24) is 4.98 Å². The largest absolute Gasteiger partial charge is 0.461 e. The lowest BCUT2D eigenvalue weighted by molar-refractivity contribution is -0.149. The van der Waals surface area contributed by atoms with Crippen LogP contribution in [0.2, 0.25) is 0 Å². The molecule has 3 aromatic rings. The Morgan fingerprint density at radius 1 is 1.13 bits per heavy atom. The standard InChI is InChI=1S/C26H28BNO2/c1-4-22(24-16-28-25-14-13-21(27)15-23(24)25)18(2)9-8-10-19(3)26(29)30-17-20-11-6-5-7-12-20/h5-7,11-16,18-19,28H,1,8-10,17H2,2-3H3/t18-,19+/m1/s1. The first-order valence-corrected chi connectivity index (χ1v) is 10.5. The minimum absolute atomic E-state index is 0.120. The molecule has 3 nitrogen and oxygen atoms in total. The van der Waals surface area contributed by atoms with Crippen molar-refractivity contribution in [3.8, 4) is 0 Å². The SMILES string of the molecule is [B]c1ccc2[nH]cc(C(=C=C)[C@H](C)CCC[C@H](C)C(=O)OCc3ccccc3)c2c1. The highest BCUT2D eigenvalue weighted by Gasteiger charge is 2.18. The quantitative estimate of drug-likeness (QED) is 0.302. The lowest BCUT2D eigenvalue weighted by atomic mass is 9.87. The van der Waals surface area contributed by atoms with Crippen LogP contribution in [0.5, 0.6) is 0 Å². The Morgan fingerprint density at radius 2 is 1.87 bits per heavy atom. The monoisotopic (exact) mass is 397 g/mol. The molecule has 1 heterocycles. The van der Waals surface area contributed by atoms with Gasteiger partial charge in [-0.05, 0) is 30.4 Å². The number of allylic oxidation sites excluding steroid dienone is 1. The van der Waals surface area contributed by atoms with Gasteiger partial charge in [0.15, 0.2) is 0 Å². The van der Waals surface area contributed by atoms with Gasteiger partial charge in [0.2, 0.25) is 0 Å². The molecule has 0 aliphatic heterocycles. The lowest BCUT2D eigenvalue weighted by Gasteiger charge is -2.16. The van der Waals surface area contributed by atoms with E-state index in [9.17, 15) is 4.79 Å². The lowest BCUT2D eigenvalue weighted by Crippen LogP contribution is -2.15. The molecule has 0 bridgehead atoms. The van der Waals surface area contributed by atoms with Crippen molar-refractivity contribution < 1.29 is 9.53 Å². The number of H-pyrrole nitrogens is 1. The fourth-order valence-corrected chi connectivity index (χ4v) is 3.76. The summed E-state index contributed by atoms with van der Waals surface area (Å²) in [4.78, 5) is 15.6. The van der Waals surface area contributed by atoms with E-state index in [-0.39, 0.29) is 17.8 Å². The number of aromatic nitrogens is 1.